The van der Waals surface area contributed by atoms with Gasteiger partial charge in [-0.25, -0.2) is 0 Å². The summed E-state index contributed by atoms with van der Waals surface area (Å²) in [7, 11) is -3.64. The second-order valence-electron chi connectivity index (χ2n) is 4.23. The first-order valence-electron chi connectivity index (χ1n) is 4.87. The van der Waals surface area contributed by atoms with Crippen molar-refractivity contribution in [2.45, 2.75) is 20.3 Å². The van der Waals surface area contributed by atoms with Crippen LogP contribution in [-0.4, -0.2) is 38.4 Å². The highest BCUT2D eigenvalue weighted by atomic mass is 19.5. The Hall–Kier alpha value is -0.255. The van der Waals surface area contributed by atoms with Gasteiger partial charge in [0.2, 0.25) is 0 Å². The smallest absolute Gasteiger partial charge is 0.418 e. The Bertz CT molecular complexity index is 167. The molecule has 1 aliphatic rings. The van der Waals surface area contributed by atoms with Crippen LogP contribution in [0.3, 0.4) is 0 Å². The summed E-state index contributed by atoms with van der Waals surface area (Å²) in [6.07, 6.45) is 1.43. The third kappa shape index (κ3) is 7.18. The number of rotatable bonds is 1. The first-order chi connectivity index (χ1) is 6.16. The maximum atomic E-state index is 9.75. The zero-order chi connectivity index (χ0) is 11.4. The van der Waals surface area contributed by atoms with Crippen LogP contribution in [0.15, 0.2) is 0 Å². The molecule has 0 N–H and O–H groups in total. The summed E-state index contributed by atoms with van der Waals surface area (Å²) in [6.45, 7) is 8.76. The molecular formula is C8H18BF4N. The Morgan fingerprint density at radius 3 is 1.86 bits per heavy atom. The van der Waals surface area contributed by atoms with E-state index < -0.39 is 7.25 Å². The highest BCUT2D eigenvalue weighted by molar-refractivity contribution is 6.50. The summed E-state index contributed by atoms with van der Waals surface area (Å²) >= 11 is 0. The number of hydrogen-bond donors (Lipinski definition) is 0. The molecule has 1 rings (SSSR count). The molecule has 2 atom stereocenters. The van der Waals surface area contributed by atoms with Crippen molar-refractivity contribution in [3.8, 4) is 0 Å². The van der Waals surface area contributed by atoms with E-state index in [1.54, 1.807) is 0 Å². The van der Waals surface area contributed by atoms with Crippen LogP contribution in [0.2, 0.25) is 0 Å². The lowest BCUT2D eigenvalue weighted by atomic mass is 10.2. The highest BCUT2D eigenvalue weighted by Crippen LogP contribution is 2.20. The van der Waals surface area contributed by atoms with Gasteiger partial charge >= 0.3 is 7.25 Å². The van der Waals surface area contributed by atoms with E-state index in [0.29, 0.717) is 0 Å². The molecule has 0 spiro atoms. The molecule has 0 aliphatic carbocycles. The second-order valence-corrected chi connectivity index (χ2v) is 4.23. The van der Waals surface area contributed by atoms with Crippen molar-refractivity contribution >= 4 is 7.25 Å². The summed E-state index contributed by atoms with van der Waals surface area (Å²) < 4.78 is 40.3. The first-order valence-corrected chi connectivity index (χ1v) is 4.87. The van der Waals surface area contributed by atoms with Crippen LogP contribution in [0.1, 0.15) is 20.3 Å². The minimum atomic E-state index is -6.00. The molecule has 1 heterocycles. The third-order valence-electron chi connectivity index (χ3n) is 2.68. The standard InChI is InChI=1S/C8H18N.BF4/c1-4-9(3)6-5-8(2)7-9;2-1(3,4)5/h8H,4-7H2,1-3H3;/q+1;-1. The molecule has 0 aromatic heterocycles. The molecule has 0 bridgehead atoms. The van der Waals surface area contributed by atoms with Gasteiger partial charge < -0.3 is 21.7 Å². The van der Waals surface area contributed by atoms with Gasteiger partial charge in [-0.1, -0.05) is 6.92 Å². The van der Waals surface area contributed by atoms with E-state index in [0.717, 1.165) is 5.92 Å². The molecule has 1 saturated heterocycles. The fraction of sp³-hybridized carbons (Fsp3) is 1.00. The lowest BCUT2D eigenvalue weighted by Crippen LogP contribution is -2.40. The molecule has 0 radical (unpaired) electrons. The van der Waals surface area contributed by atoms with Crippen molar-refractivity contribution in [2.24, 2.45) is 5.92 Å². The SMILES string of the molecule is CC[N+]1(C)CCC(C)C1.F[B-](F)(F)F. The first kappa shape index (κ1) is 13.7. The van der Waals surface area contributed by atoms with Crippen molar-refractivity contribution in [2.75, 3.05) is 26.7 Å². The molecule has 1 fully saturated rings. The maximum Gasteiger partial charge on any atom is 0.673 e. The summed E-state index contributed by atoms with van der Waals surface area (Å²) in [5, 5.41) is 0. The Labute approximate surface area is 82.8 Å². The van der Waals surface area contributed by atoms with Gasteiger partial charge in [-0.15, -0.1) is 0 Å². The number of likely N-dealkylation sites (tertiary alicyclic amines) is 1. The average Bonchev–Trinajstić information content (AvgIpc) is 2.29. The maximum absolute atomic E-state index is 9.75. The molecule has 0 amide bonds. The zero-order valence-corrected chi connectivity index (χ0v) is 8.94. The Kier molecular flexibility index (Phi) is 4.91. The number of nitrogens with zero attached hydrogens (tertiary/aromatic N) is 1. The topological polar surface area (TPSA) is 0 Å². The Morgan fingerprint density at radius 2 is 1.71 bits per heavy atom. The monoisotopic (exact) mass is 215 g/mol. The fourth-order valence-corrected chi connectivity index (χ4v) is 1.75. The quantitative estimate of drug-likeness (QED) is 0.358. The summed E-state index contributed by atoms with van der Waals surface area (Å²) in [5.41, 5.74) is 0. The van der Waals surface area contributed by atoms with Crippen LogP contribution in [0, 0.1) is 5.92 Å². The molecular weight excluding hydrogens is 197 g/mol. The van der Waals surface area contributed by atoms with Crippen LogP contribution in [-0.2, 0) is 0 Å². The fourth-order valence-electron chi connectivity index (χ4n) is 1.75. The van der Waals surface area contributed by atoms with Crippen molar-refractivity contribution in [1.29, 1.82) is 0 Å². The van der Waals surface area contributed by atoms with E-state index >= 15 is 0 Å². The lowest BCUT2D eigenvalue weighted by Gasteiger charge is -2.27. The van der Waals surface area contributed by atoms with Gasteiger partial charge in [-0.2, -0.15) is 0 Å². The van der Waals surface area contributed by atoms with Crippen LogP contribution >= 0.6 is 0 Å². The number of quaternary nitrogens is 1. The van der Waals surface area contributed by atoms with Crippen LogP contribution in [0.4, 0.5) is 17.3 Å². The lowest BCUT2D eigenvalue weighted by molar-refractivity contribution is -0.897. The van der Waals surface area contributed by atoms with Gasteiger partial charge in [0.25, 0.3) is 0 Å². The predicted molar refractivity (Wildman–Crippen MR) is 50.4 cm³/mol. The molecule has 0 saturated carbocycles. The molecule has 86 valence electrons. The van der Waals surface area contributed by atoms with E-state index in [4.69, 9.17) is 0 Å². The Balaban J connectivity index is 0.000000292. The molecule has 0 aromatic rings. The van der Waals surface area contributed by atoms with Crippen LogP contribution < -0.4 is 0 Å². The number of halogens is 4. The van der Waals surface area contributed by atoms with E-state index in [9.17, 15) is 17.3 Å². The number of hydrogen-bond acceptors (Lipinski definition) is 0. The van der Waals surface area contributed by atoms with Crippen LogP contribution in [0.5, 0.6) is 0 Å². The van der Waals surface area contributed by atoms with Crippen LogP contribution in [0.25, 0.3) is 0 Å². The molecule has 14 heavy (non-hydrogen) atoms. The highest BCUT2D eigenvalue weighted by Gasteiger charge is 2.29. The van der Waals surface area contributed by atoms with E-state index in [1.165, 1.54) is 30.5 Å². The van der Waals surface area contributed by atoms with E-state index in [2.05, 4.69) is 20.9 Å². The minimum Gasteiger partial charge on any atom is -0.418 e. The van der Waals surface area contributed by atoms with Gasteiger partial charge in [0.15, 0.2) is 0 Å². The molecule has 0 aromatic carbocycles. The minimum absolute atomic E-state index is 0.968. The predicted octanol–water partition coefficient (Wildman–Crippen LogP) is 2.79. The average molecular weight is 215 g/mol. The van der Waals surface area contributed by atoms with Crippen molar-refractivity contribution in [3.63, 3.8) is 0 Å². The normalized spacial score (nSPS) is 32.4. The van der Waals surface area contributed by atoms with Crippen molar-refractivity contribution in [3.05, 3.63) is 0 Å². The van der Waals surface area contributed by atoms with Gasteiger partial charge in [0.1, 0.15) is 0 Å². The molecule has 1 nitrogen and oxygen atoms in total. The van der Waals surface area contributed by atoms with Gasteiger partial charge in [0, 0.05) is 12.3 Å². The van der Waals surface area contributed by atoms with E-state index in [1.807, 2.05) is 0 Å². The zero-order valence-electron chi connectivity index (χ0n) is 8.94. The summed E-state index contributed by atoms with van der Waals surface area (Å²) in [4.78, 5) is 0. The van der Waals surface area contributed by atoms with Crippen molar-refractivity contribution in [1.82, 2.24) is 0 Å². The van der Waals surface area contributed by atoms with Gasteiger partial charge in [-0.3, -0.25) is 0 Å². The third-order valence-corrected chi connectivity index (χ3v) is 2.68. The van der Waals surface area contributed by atoms with Crippen molar-refractivity contribution < 1.29 is 21.7 Å². The second kappa shape index (κ2) is 5.00. The van der Waals surface area contributed by atoms with Gasteiger partial charge in [0.05, 0.1) is 26.7 Å². The van der Waals surface area contributed by atoms with Gasteiger partial charge in [-0.05, 0) is 6.92 Å². The molecule has 2 unspecified atom stereocenters. The largest absolute Gasteiger partial charge is 0.673 e. The molecule has 1 aliphatic heterocycles. The summed E-state index contributed by atoms with van der Waals surface area (Å²) in [6, 6.07) is 0. The van der Waals surface area contributed by atoms with E-state index in [-0.39, 0.29) is 0 Å². The summed E-state index contributed by atoms with van der Waals surface area (Å²) in [5.74, 6) is 0.968. The molecule has 6 heteroatoms. The Morgan fingerprint density at radius 1 is 1.29 bits per heavy atom.